The minimum absolute atomic E-state index is 0.533. The molecule has 0 heterocycles. The van der Waals surface area contributed by atoms with Crippen molar-refractivity contribution >= 4 is 5.69 Å². The molecular weight excluding hydrogens is 219 g/mol. The fourth-order valence-corrected chi connectivity index (χ4v) is 1.19. The summed E-state index contributed by atoms with van der Waals surface area (Å²) in [6, 6.07) is 7.06. The fraction of sp³-hybridized carbons (Fsp3) is 0.455. The predicted molar refractivity (Wildman–Crippen MR) is 56.4 cm³/mol. The van der Waals surface area contributed by atoms with Crippen molar-refractivity contribution in [1.29, 1.82) is 0 Å². The van der Waals surface area contributed by atoms with Crippen LogP contribution < -0.4 is 5.32 Å². The van der Waals surface area contributed by atoms with Crippen molar-refractivity contribution in [3.63, 3.8) is 0 Å². The van der Waals surface area contributed by atoms with E-state index >= 15 is 0 Å². The van der Waals surface area contributed by atoms with E-state index in [1.807, 2.05) is 19.1 Å². The van der Waals surface area contributed by atoms with Gasteiger partial charge in [0.05, 0.1) is 0 Å². The number of hydrogen-bond donors (Lipinski definition) is 2. The van der Waals surface area contributed by atoms with E-state index in [0.717, 1.165) is 12.0 Å². The van der Waals surface area contributed by atoms with Crippen LogP contribution in [0.2, 0.25) is 0 Å². The Kier molecular flexibility index (Phi) is 4.18. The third-order valence-corrected chi connectivity index (χ3v) is 2.24. The molecule has 0 fully saturated rings. The van der Waals surface area contributed by atoms with Crippen LogP contribution in [0.1, 0.15) is 12.5 Å². The van der Waals surface area contributed by atoms with Crippen LogP contribution in [-0.2, 0) is 6.42 Å². The molecule has 0 aliphatic carbocycles. The Morgan fingerprint density at radius 2 is 1.81 bits per heavy atom. The maximum absolute atomic E-state index is 12.0. The minimum atomic E-state index is -4.57. The molecule has 2 N–H and O–H groups in total. The van der Waals surface area contributed by atoms with E-state index < -0.39 is 18.8 Å². The zero-order chi connectivity index (χ0) is 12.2. The second-order valence-electron chi connectivity index (χ2n) is 3.49. The van der Waals surface area contributed by atoms with Gasteiger partial charge in [0.2, 0.25) is 0 Å². The summed E-state index contributed by atoms with van der Waals surface area (Å²) in [4.78, 5) is 0. The average Bonchev–Trinajstić information content (AvgIpc) is 2.25. The molecule has 0 amide bonds. The lowest BCUT2D eigenvalue weighted by Crippen LogP contribution is -2.34. The van der Waals surface area contributed by atoms with Crippen LogP contribution in [0, 0.1) is 0 Å². The SMILES string of the molecule is CCc1ccc(NC[C@H](O)C(F)(F)F)cc1. The third-order valence-electron chi connectivity index (χ3n) is 2.24. The maximum atomic E-state index is 12.0. The highest BCUT2D eigenvalue weighted by Crippen LogP contribution is 2.20. The number of aliphatic hydroxyl groups is 1. The van der Waals surface area contributed by atoms with Crippen LogP contribution >= 0.6 is 0 Å². The highest BCUT2D eigenvalue weighted by molar-refractivity contribution is 5.44. The van der Waals surface area contributed by atoms with E-state index in [2.05, 4.69) is 5.32 Å². The summed E-state index contributed by atoms with van der Waals surface area (Å²) in [5, 5.41) is 11.3. The van der Waals surface area contributed by atoms with Crippen LogP contribution in [0.4, 0.5) is 18.9 Å². The predicted octanol–water partition coefficient (Wildman–Crippen LogP) is 2.58. The topological polar surface area (TPSA) is 32.3 Å². The Balaban J connectivity index is 2.48. The van der Waals surface area contributed by atoms with E-state index in [4.69, 9.17) is 5.11 Å². The van der Waals surface area contributed by atoms with Gasteiger partial charge in [-0.2, -0.15) is 13.2 Å². The fourth-order valence-electron chi connectivity index (χ4n) is 1.19. The third kappa shape index (κ3) is 3.73. The molecule has 0 saturated heterocycles. The standard InChI is InChI=1S/C11H14F3NO/c1-2-8-3-5-9(6-4-8)15-7-10(16)11(12,13)14/h3-6,10,15-16H,2,7H2,1H3/t10-/m0/s1. The van der Waals surface area contributed by atoms with E-state index in [9.17, 15) is 13.2 Å². The molecule has 0 saturated carbocycles. The second kappa shape index (κ2) is 5.21. The minimum Gasteiger partial charge on any atom is -0.382 e. The van der Waals surface area contributed by atoms with Gasteiger partial charge < -0.3 is 10.4 Å². The Hall–Kier alpha value is -1.23. The van der Waals surface area contributed by atoms with E-state index in [0.29, 0.717) is 5.69 Å². The monoisotopic (exact) mass is 233 g/mol. The summed E-state index contributed by atoms with van der Waals surface area (Å²) in [5.41, 5.74) is 1.68. The summed E-state index contributed by atoms with van der Waals surface area (Å²) in [7, 11) is 0. The molecule has 0 radical (unpaired) electrons. The molecule has 0 unspecified atom stereocenters. The van der Waals surface area contributed by atoms with Crippen molar-refractivity contribution in [3.05, 3.63) is 29.8 Å². The molecule has 0 spiro atoms. The van der Waals surface area contributed by atoms with Crippen LogP contribution in [0.15, 0.2) is 24.3 Å². The van der Waals surface area contributed by atoms with Crippen molar-refractivity contribution in [2.45, 2.75) is 25.6 Å². The van der Waals surface area contributed by atoms with Crippen molar-refractivity contribution < 1.29 is 18.3 Å². The Labute approximate surface area is 92.1 Å². The van der Waals surface area contributed by atoms with Gasteiger partial charge in [0.15, 0.2) is 6.10 Å². The van der Waals surface area contributed by atoms with E-state index in [1.165, 1.54) is 0 Å². The van der Waals surface area contributed by atoms with Gasteiger partial charge in [0.25, 0.3) is 0 Å². The summed E-state index contributed by atoms with van der Waals surface area (Å²) in [6.45, 7) is 1.46. The van der Waals surface area contributed by atoms with Gasteiger partial charge in [-0.15, -0.1) is 0 Å². The smallest absolute Gasteiger partial charge is 0.382 e. The Morgan fingerprint density at radius 3 is 2.25 bits per heavy atom. The van der Waals surface area contributed by atoms with Gasteiger partial charge in [-0.3, -0.25) is 0 Å². The molecule has 1 aromatic rings. The lowest BCUT2D eigenvalue weighted by molar-refractivity contribution is -0.198. The molecule has 2 nitrogen and oxygen atoms in total. The molecule has 90 valence electrons. The lowest BCUT2D eigenvalue weighted by atomic mass is 10.1. The van der Waals surface area contributed by atoms with Gasteiger partial charge in [0.1, 0.15) is 0 Å². The molecule has 0 aliphatic heterocycles. The molecule has 1 rings (SSSR count). The van der Waals surface area contributed by atoms with Gasteiger partial charge in [-0.25, -0.2) is 0 Å². The Morgan fingerprint density at radius 1 is 1.25 bits per heavy atom. The number of nitrogens with one attached hydrogen (secondary N) is 1. The molecular formula is C11H14F3NO. The molecule has 0 aliphatic rings. The number of benzene rings is 1. The first-order valence-corrected chi connectivity index (χ1v) is 5.01. The number of halogens is 3. The van der Waals surface area contributed by atoms with Crippen LogP contribution in [-0.4, -0.2) is 23.9 Å². The summed E-state index contributed by atoms with van der Waals surface area (Å²) in [6.07, 6.45) is -6.03. The largest absolute Gasteiger partial charge is 0.416 e. The van der Waals surface area contributed by atoms with Crippen LogP contribution in [0.25, 0.3) is 0 Å². The second-order valence-corrected chi connectivity index (χ2v) is 3.49. The number of rotatable bonds is 4. The van der Waals surface area contributed by atoms with E-state index in [-0.39, 0.29) is 0 Å². The van der Waals surface area contributed by atoms with Gasteiger partial charge in [0, 0.05) is 12.2 Å². The molecule has 0 aromatic heterocycles. The van der Waals surface area contributed by atoms with Gasteiger partial charge >= 0.3 is 6.18 Å². The molecule has 1 aromatic carbocycles. The maximum Gasteiger partial charge on any atom is 0.416 e. The van der Waals surface area contributed by atoms with Crippen LogP contribution in [0.3, 0.4) is 0 Å². The zero-order valence-corrected chi connectivity index (χ0v) is 8.88. The molecule has 16 heavy (non-hydrogen) atoms. The van der Waals surface area contributed by atoms with E-state index in [1.54, 1.807) is 12.1 Å². The first-order chi connectivity index (χ1) is 7.43. The number of alkyl halides is 3. The molecule has 5 heteroatoms. The lowest BCUT2D eigenvalue weighted by Gasteiger charge is -2.15. The summed E-state index contributed by atoms with van der Waals surface area (Å²) in [5.74, 6) is 0. The van der Waals surface area contributed by atoms with Crippen molar-refractivity contribution in [2.24, 2.45) is 0 Å². The average molecular weight is 233 g/mol. The zero-order valence-electron chi connectivity index (χ0n) is 8.88. The number of aryl methyl sites for hydroxylation is 1. The highest BCUT2D eigenvalue weighted by Gasteiger charge is 2.37. The Bertz CT molecular complexity index is 321. The molecule has 1 atom stereocenters. The molecule has 0 bridgehead atoms. The van der Waals surface area contributed by atoms with Crippen molar-refractivity contribution in [3.8, 4) is 0 Å². The summed E-state index contributed by atoms with van der Waals surface area (Å²) >= 11 is 0. The van der Waals surface area contributed by atoms with Gasteiger partial charge in [-0.1, -0.05) is 19.1 Å². The summed E-state index contributed by atoms with van der Waals surface area (Å²) < 4.78 is 35.9. The normalized spacial score (nSPS) is 13.6. The number of hydrogen-bond acceptors (Lipinski definition) is 2. The van der Waals surface area contributed by atoms with Crippen molar-refractivity contribution in [2.75, 3.05) is 11.9 Å². The first kappa shape index (κ1) is 12.8. The number of aliphatic hydroxyl groups excluding tert-OH is 1. The number of anilines is 1. The first-order valence-electron chi connectivity index (χ1n) is 5.01. The van der Waals surface area contributed by atoms with Crippen molar-refractivity contribution in [1.82, 2.24) is 0 Å². The highest BCUT2D eigenvalue weighted by atomic mass is 19.4. The quantitative estimate of drug-likeness (QED) is 0.837. The van der Waals surface area contributed by atoms with Gasteiger partial charge in [-0.05, 0) is 24.1 Å². The van der Waals surface area contributed by atoms with Crippen LogP contribution in [0.5, 0.6) is 0 Å².